The van der Waals surface area contributed by atoms with Crippen LogP contribution in [0.4, 0.5) is 0 Å². The Hall–Kier alpha value is -5.20. The van der Waals surface area contributed by atoms with Crippen molar-refractivity contribution in [3.8, 4) is 11.1 Å². The molecular formula is C38H33N3O3. The van der Waals surface area contributed by atoms with Crippen LogP contribution in [0.3, 0.4) is 0 Å². The summed E-state index contributed by atoms with van der Waals surface area (Å²) < 4.78 is 12.0. The molecule has 1 aliphatic heterocycles. The summed E-state index contributed by atoms with van der Waals surface area (Å²) in [5.41, 5.74) is 6.42. The molecular weight excluding hydrogens is 546 g/mol. The maximum absolute atomic E-state index is 8.00. The first-order valence-corrected chi connectivity index (χ1v) is 14.5. The van der Waals surface area contributed by atoms with E-state index in [0.717, 1.165) is 28.2 Å². The molecule has 5 aromatic carbocycles. The SMILES string of the molecule is C=O.CN=CC1=NC(C2=CC(c3c4ccccc4c(-c4ccc5ccccc5c4)c4ccccc34)=C(OC)CC2OC)=NC1. The number of aliphatic imine (C=N–C) groups is 3. The Balaban J connectivity index is 0.00000168. The fourth-order valence-corrected chi connectivity index (χ4v) is 6.35. The molecule has 0 aromatic heterocycles. The molecule has 0 N–H and O–H groups in total. The second kappa shape index (κ2) is 12.6. The maximum Gasteiger partial charge on any atom is 0.153 e. The quantitative estimate of drug-likeness (QED) is 0.152. The van der Waals surface area contributed by atoms with E-state index in [-0.39, 0.29) is 6.10 Å². The largest absolute Gasteiger partial charge is 0.500 e. The van der Waals surface area contributed by atoms with Crippen LogP contribution in [0.1, 0.15) is 12.0 Å². The van der Waals surface area contributed by atoms with Gasteiger partial charge in [0.25, 0.3) is 0 Å². The van der Waals surface area contributed by atoms with Crippen molar-refractivity contribution in [1.29, 1.82) is 0 Å². The number of nitrogens with zero attached hydrogens (tertiary/aromatic N) is 3. The van der Waals surface area contributed by atoms with Gasteiger partial charge in [0.15, 0.2) is 5.84 Å². The van der Waals surface area contributed by atoms with Gasteiger partial charge in [0, 0.05) is 43.5 Å². The van der Waals surface area contributed by atoms with E-state index in [1.807, 2.05) is 6.79 Å². The zero-order valence-corrected chi connectivity index (χ0v) is 25.1. The summed E-state index contributed by atoms with van der Waals surface area (Å²) in [5, 5.41) is 7.21. The van der Waals surface area contributed by atoms with E-state index in [2.05, 4.69) is 102 Å². The molecule has 44 heavy (non-hydrogen) atoms. The molecule has 0 bridgehead atoms. The zero-order chi connectivity index (χ0) is 30.6. The smallest absolute Gasteiger partial charge is 0.153 e. The van der Waals surface area contributed by atoms with E-state index in [0.29, 0.717) is 18.8 Å². The van der Waals surface area contributed by atoms with Crippen molar-refractivity contribution in [2.24, 2.45) is 15.0 Å². The highest BCUT2D eigenvalue weighted by Crippen LogP contribution is 2.45. The Morgan fingerprint density at radius 2 is 1.43 bits per heavy atom. The van der Waals surface area contributed by atoms with Gasteiger partial charge in [-0.1, -0.05) is 84.9 Å². The summed E-state index contributed by atoms with van der Waals surface area (Å²) >= 11 is 0. The first-order chi connectivity index (χ1) is 21.7. The second-order valence-corrected chi connectivity index (χ2v) is 10.6. The van der Waals surface area contributed by atoms with Gasteiger partial charge >= 0.3 is 0 Å². The van der Waals surface area contributed by atoms with Gasteiger partial charge in [-0.3, -0.25) is 9.98 Å². The van der Waals surface area contributed by atoms with Gasteiger partial charge in [-0.15, -0.1) is 0 Å². The molecule has 1 atom stereocenters. The molecule has 7 rings (SSSR count). The highest BCUT2D eigenvalue weighted by molar-refractivity contribution is 6.36. The molecule has 0 amide bonds. The number of rotatable bonds is 6. The van der Waals surface area contributed by atoms with Crippen LogP contribution in [0, 0.1) is 0 Å². The van der Waals surface area contributed by atoms with Gasteiger partial charge in [-0.2, -0.15) is 0 Å². The number of ether oxygens (including phenoxy) is 2. The predicted octanol–water partition coefficient (Wildman–Crippen LogP) is 7.88. The van der Waals surface area contributed by atoms with E-state index in [9.17, 15) is 0 Å². The number of hydrogen-bond donors (Lipinski definition) is 0. The molecule has 1 unspecified atom stereocenters. The van der Waals surface area contributed by atoms with Crippen LogP contribution in [0.15, 0.2) is 123 Å². The van der Waals surface area contributed by atoms with Gasteiger partial charge in [0.05, 0.1) is 25.5 Å². The average molecular weight is 580 g/mol. The maximum atomic E-state index is 8.00. The van der Waals surface area contributed by atoms with Crippen molar-refractivity contribution in [3.63, 3.8) is 0 Å². The van der Waals surface area contributed by atoms with E-state index in [4.69, 9.17) is 24.3 Å². The Labute approximate surface area is 256 Å². The number of hydrogen-bond acceptors (Lipinski definition) is 6. The summed E-state index contributed by atoms with van der Waals surface area (Å²) in [4.78, 5) is 21.7. The lowest BCUT2D eigenvalue weighted by molar-refractivity contribution is -0.0980. The van der Waals surface area contributed by atoms with Crippen molar-refractivity contribution in [2.75, 3.05) is 27.8 Å². The Morgan fingerprint density at radius 3 is 2.05 bits per heavy atom. The fourth-order valence-electron chi connectivity index (χ4n) is 6.35. The van der Waals surface area contributed by atoms with Crippen LogP contribution in [-0.4, -0.2) is 58.5 Å². The molecule has 1 heterocycles. The summed E-state index contributed by atoms with van der Waals surface area (Å²) in [6, 6.07) is 32.7. The van der Waals surface area contributed by atoms with E-state index < -0.39 is 0 Å². The molecule has 1 aliphatic carbocycles. The molecule has 0 fully saturated rings. The van der Waals surface area contributed by atoms with Crippen LogP contribution < -0.4 is 0 Å². The van der Waals surface area contributed by atoms with E-state index in [1.165, 1.54) is 43.4 Å². The average Bonchev–Trinajstić information content (AvgIpc) is 3.56. The molecule has 6 heteroatoms. The summed E-state index contributed by atoms with van der Waals surface area (Å²) in [6.45, 7) is 2.52. The minimum absolute atomic E-state index is 0.210. The highest BCUT2D eigenvalue weighted by Gasteiger charge is 2.31. The number of allylic oxidation sites excluding steroid dienone is 2. The Morgan fingerprint density at radius 1 is 0.818 bits per heavy atom. The first kappa shape index (κ1) is 28.9. The third-order valence-electron chi connectivity index (χ3n) is 8.26. The van der Waals surface area contributed by atoms with Crippen LogP contribution in [0.25, 0.3) is 49.0 Å². The summed E-state index contributed by atoms with van der Waals surface area (Å²) in [5.74, 6) is 1.59. The number of carbonyl (C=O) groups excluding carboxylic acids is 1. The minimum Gasteiger partial charge on any atom is -0.500 e. The molecule has 0 spiro atoms. The van der Waals surface area contributed by atoms with Gasteiger partial charge in [-0.25, -0.2) is 4.99 Å². The summed E-state index contributed by atoms with van der Waals surface area (Å²) in [7, 11) is 5.23. The number of carbonyl (C=O) groups is 1. The topological polar surface area (TPSA) is 72.6 Å². The number of benzene rings is 5. The third-order valence-corrected chi connectivity index (χ3v) is 8.26. The van der Waals surface area contributed by atoms with Gasteiger partial charge in [-0.05, 0) is 55.6 Å². The van der Waals surface area contributed by atoms with Crippen LogP contribution in [-0.2, 0) is 14.3 Å². The Kier molecular flexibility index (Phi) is 8.26. The highest BCUT2D eigenvalue weighted by atomic mass is 16.5. The van der Waals surface area contributed by atoms with Crippen molar-refractivity contribution in [3.05, 3.63) is 114 Å². The predicted molar refractivity (Wildman–Crippen MR) is 183 cm³/mol. The lowest BCUT2D eigenvalue weighted by atomic mass is 9.82. The van der Waals surface area contributed by atoms with E-state index in [1.54, 1.807) is 27.5 Å². The lowest BCUT2D eigenvalue weighted by Crippen LogP contribution is -2.24. The first-order valence-electron chi connectivity index (χ1n) is 14.5. The molecule has 2 aliphatic rings. The molecule has 0 saturated carbocycles. The molecule has 0 radical (unpaired) electrons. The monoisotopic (exact) mass is 579 g/mol. The third kappa shape index (κ3) is 5.03. The van der Waals surface area contributed by atoms with Gasteiger partial charge in [0.2, 0.25) is 0 Å². The second-order valence-electron chi connectivity index (χ2n) is 10.6. The number of amidine groups is 1. The molecule has 0 saturated heterocycles. The van der Waals surface area contributed by atoms with Crippen molar-refractivity contribution in [2.45, 2.75) is 12.5 Å². The van der Waals surface area contributed by atoms with Gasteiger partial charge in [0.1, 0.15) is 12.5 Å². The van der Waals surface area contributed by atoms with Crippen molar-refractivity contribution < 1.29 is 14.3 Å². The molecule has 6 nitrogen and oxygen atoms in total. The van der Waals surface area contributed by atoms with E-state index >= 15 is 0 Å². The van der Waals surface area contributed by atoms with Crippen LogP contribution in [0.5, 0.6) is 0 Å². The fraction of sp³-hybridized carbons (Fsp3) is 0.158. The van der Waals surface area contributed by atoms with Crippen LogP contribution in [0.2, 0.25) is 0 Å². The standard InChI is InChI=1S/C37H31N3O2.CH2O/c1-38-21-26-22-39-37(40-26)32-19-31(33(41-2)20-34(32)42-3)36-29-14-8-6-12-27(29)35(28-13-7-9-15-30(28)36)25-17-16-23-10-4-5-11-24(23)18-25;1-2/h4-19,21,34H,20,22H2,1-3H3;1H2. The molecule has 5 aromatic rings. The summed E-state index contributed by atoms with van der Waals surface area (Å²) in [6.07, 6.45) is 4.33. The van der Waals surface area contributed by atoms with Crippen LogP contribution >= 0.6 is 0 Å². The number of methoxy groups -OCH3 is 2. The normalized spacial score (nSPS) is 16.6. The Bertz CT molecular complexity index is 1990. The zero-order valence-electron chi connectivity index (χ0n) is 25.1. The molecule has 218 valence electrons. The number of fused-ring (bicyclic) bond motifs is 3. The van der Waals surface area contributed by atoms with Crippen molar-refractivity contribution in [1.82, 2.24) is 0 Å². The van der Waals surface area contributed by atoms with Gasteiger partial charge < -0.3 is 14.3 Å². The van der Waals surface area contributed by atoms with Crippen molar-refractivity contribution >= 4 is 62.4 Å². The minimum atomic E-state index is -0.210. The lowest BCUT2D eigenvalue weighted by Gasteiger charge is -2.27.